The predicted molar refractivity (Wildman–Crippen MR) is 96.7 cm³/mol. The monoisotopic (exact) mass is 349 g/mol. The molecule has 2 N–H and O–H groups in total. The number of amides is 1. The number of pyridine rings is 1. The van der Waals surface area contributed by atoms with Crippen molar-refractivity contribution in [2.75, 3.05) is 6.54 Å². The number of hydrogen-bond donors (Lipinski definition) is 1. The Labute approximate surface area is 150 Å². The molecule has 24 heavy (non-hydrogen) atoms. The van der Waals surface area contributed by atoms with Gasteiger partial charge in [0.1, 0.15) is 0 Å². The van der Waals surface area contributed by atoms with Crippen molar-refractivity contribution in [2.45, 2.75) is 57.0 Å². The van der Waals surface area contributed by atoms with Gasteiger partial charge in [-0.1, -0.05) is 6.42 Å². The van der Waals surface area contributed by atoms with Crippen molar-refractivity contribution >= 4 is 18.3 Å². The van der Waals surface area contributed by atoms with E-state index in [2.05, 4.69) is 22.0 Å². The van der Waals surface area contributed by atoms with Gasteiger partial charge in [-0.05, 0) is 68.1 Å². The Balaban J connectivity index is 0.00000169. The molecule has 1 amide bonds. The molecule has 4 rings (SSSR count). The lowest BCUT2D eigenvalue weighted by Gasteiger charge is -2.44. The smallest absolute Gasteiger partial charge is 0.226 e. The number of nitrogens with two attached hydrogens (primary N) is 1. The number of nitrogens with zero attached hydrogens (tertiary/aromatic N) is 2. The molecule has 0 radical (unpaired) electrons. The minimum absolute atomic E-state index is 0. The zero-order chi connectivity index (χ0) is 15.8. The molecule has 1 aliphatic heterocycles. The topological polar surface area (TPSA) is 59.2 Å². The number of aromatic nitrogens is 1. The fraction of sp³-hybridized carbons (Fsp3) is 0.684. The maximum Gasteiger partial charge on any atom is 0.226 e. The highest BCUT2D eigenvalue weighted by molar-refractivity contribution is 5.85. The highest BCUT2D eigenvalue weighted by Crippen LogP contribution is 2.44. The first-order valence-corrected chi connectivity index (χ1v) is 9.20. The van der Waals surface area contributed by atoms with Crippen LogP contribution in [0.15, 0.2) is 24.5 Å². The van der Waals surface area contributed by atoms with E-state index in [0.29, 0.717) is 23.8 Å². The average molecular weight is 350 g/mol. The quantitative estimate of drug-likeness (QED) is 0.891. The average Bonchev–Trinajstić information content (AvgIpc) is 3.04. The van der Waals surface area contributed by atoms with Gasteiger partial charge in [-0.3, -0.25) is 9.78 Å². The molecule has 3 fully saturated rings. The lowest BCUT2D eigenvalue weighted by Crippen LogP contribution is -2.49. The number of carbonyl (C=O) groups is 1. The van der Waals surface area contributed by atoms with Crippen molar-refractivity contribution in [3.05, 3.63) is 30.1 Å². The Bertz CT molecular complexity index is 553. The molecule has 1 aromatic rings. The summed E-state index contributed by atoms with van der Waals surface area (Å²) in [6.07, 6.45) is 11.6. The van der Waals surface area contributed by atoms with Crippen molar-refractivity contribution < 1.29 is 4.79 Å². The van der Waals surface area contributed by atoms with Crippen LogP contribution < -0.4 is 5.73 Å². The molecule has 3 unspecified atom stereocenters. The normalized spacial score (nSPS) is 35.4. The number of likely N-dealkylation sites (tertiary alicyclic amines) is 1. The largest absolute Gasteiger partial charge is 0.335 e. The van der Waals surface area contributed by atoms with Crippen molar-refractivity contribution in [1.29, 1.82) is 0 Å². The fourth-order valence-corrected chi connectivity index (χ4v) is 5.19. The number of fused-ring (bicyclic) bond motifs is 2. The first-order chi connectivity index (χ1) is 11.2. The van der Waals surface area contributed by atoms with Crippen LogP contribution >= 0.6 is 12.4 Å². The standard InChI is InChI=1S/C19H27N3O.ClH/c20-18-14-3-1-4-15(18)12-16(11-14)19(23)22-10-2-5-17(22)13-6-8-21-9-7-13;/h6-9,14-18H,1-5,10-12,20H2;1H. The van der Waals surface area contributed by atoms with E-state index in [1.807, 2.05) is 12.4 Å². The van der Waals surface area contributed by atoms with Crippen molar-refractivity contribution in [1.82, 2.24) is 9.88 Å². The van der Waals surface area contributed by atoms with Gasteiger partial charge in [-0.15, -0.1) is 12.4 Å². The van der Waals surface area contributed by atoms with Gasteiger partial charge in [0.25, 0.3) is 0 Å². The first-order valence-electron chi connectivity index (χ1n) is 9.20. The summed E-state index contributed by atoms with van der Waals surface area (Å²) in [5, 5.41) is 0. The van der Waals surface area contributed by atoms with Crippen LogP contribution in [0.1, 0.15) is 56.6 Å². The second-order valence-corrected chi connectivity index (χ2v) is 7.67. The number of hydrogen-bond acceptors (Lipinski definition) is 3. The highest BCUT2D eigenvalue weighted by atomic mass is 35.5. The summed E-state index contributed by atoms with van der Waals surface area (Å²) in [5.74, 6) is 1.72. The van der Waals surface area contributed by atoms with Crippen molar-refractivity contribution in [2.24, 2.45) is 23.5 Å². The molecule has 132 valence electrons. The van der Waals surface area contributed by atoms with E-state index >= 15 is 0 Å². The Kier molecular flexibility index (Phi) is 5.46. The Hall–Kier alpha value is -1.13. The summed E-state index contributed by atoms with van der Waals surface area (Å²) in [6.45, 7) is 0.906. The minimum atomic E-state index is 0. The number of carbonyl (C=O) groups excluding carboxylic acids is 1. The SMILES string of the molecule is Cl.NC1C2CCCC1CC(C(=O)N1CCCC1c1ccncc1)C2. The van der Waals surface area contributed by atoms with E-state index in [9.17, 15) is 4.79 Å². The van der Waals surface area contributed by atoms with Gasteiger partial charge in [-0.25, -0.2) is 0 Å². The van der Waals surface area contributed by atoms with Crippen LogP contribution in [0, 0.1) is 17.8 Å². The molecule has 0 aromatic carbocycles. The third-order valence-electron chi connectivity index (χ3n) is 6.39. The van der Waals surface area contributed by atoms with Crippen LogP contribution in [0.2, 0.25) is 0 Å². The van der Waals surface area contributed by atoms with E-state index in [4.69, 9.17) is 5.73 Å². The van der Waals surface area contributed by atoms with E-state index < -0.39 is 0 Å². The van der Waals surface area contributed by atoms with Crippen molar-refractivity contribution in [3.8, 4) is 0 Å². The second kappa shape index (κ2) is 7.40. The molecule has 1 aromatic heterocycles. The molecule has 2 heterocycles. The van der Waals surface area contributed by atoms with Gasteiger partial charge in [0.05, 0.1) is 6.04 Å². The molecule has 2 saturated carbocycles. The summed E-state index contributed by atoms with van der Waals surface area (Å²) in [5.41, 5.74) is 7.62. The second-order valence-electron chi connectivity index (χ2n) is 7.67. The lowest BCUT2D eigenvalue weighted by molar-refractivity contribution is -0.139. The van der Waals surface area contributed by atoms with Crippen LogP contribution in [-0.4, -0.2) is 28.4 Å². The predicted octanol–water partition coefficient (Wildman–Crippen LogP) is 3.32. The Morgan fingerprint density at radius 3 is 2.42 bits per heavy atom. The van der Waals surface area contributed by atoms with E-state index in [0.717, 1.165) is 32.2 Å². The van der Waals surface area contributed by atoms with E-state index in [1.54, 1.807) is 0 Å². The maximum atomic E-state index is 13.2. The van der Waals surface area contributed by atoms with Crippen molar-refractivity contribution in [3.63, 3.8) is 0 Å². The number of halogens is 1. The lowest BCUT2D eigenvalue weighted by atomic mass is 9.65. The molecule has 1 saturated heterocycles. The number of rotatable bonds is 2. The van der Waals surface area contributed by atoms with Crippen LogP contribution in [0.4, 0.5) is 0 Å². The summed E-state index contributed by atoms with van der Waals surface area (Å²) >= 11 is 0. The fourth-order valence-electron chi connectivity index (χ4n) is 5.19. The first kappa shape index (κ1) is 17.7. The van der Waals surface area contributed by atoms with Gasteiger partial charge < -0.3 is 10.6 Å². The van der Waals surface area contributed by atoms with Gasteiger partial charge in [0.2, 0.25) is 5.91 Å². The minimum Gasteiger partial charge on any atom is -0.335 e. The third kappa shape index (κ3) is 3.18. The molecule has 0 spiro atoms. The van der Waals surface area contributed by atoms with Gasteiger partial charge in [0, 0.05) is 30.9 Å². The van der Waals surface area contributed by atoms with Crippen LogP contribution in [-0.2, 0) is 4.79 Å². The molecule has 4 nitrogen and oxygen atoms in total. The zero-order valence-corrected chi connectivity index (χ0v) is 15.0. The molecular formula is C19H28ClN3O. The van der Waals surface area contributed by atoms with Gasteiger partial charge in [0.15, 0.2) is 0 Å². The molecule has 5 heteroatoms. The van der Waals surface area contributed by atoms with Gasteiger partial charge >= 0.3 is 0 Å². The van der Waals surface area contributed by atoms with Gasteiger partial charge in [-0.2, -0.15) is 0 Å². The molecule has 3 aliphatic rings. The van der Waals surface area contributed by atoms with Crippen LogP contribution in [0.25, 0.3) is 0 Å². The molecule has 2 aliphatic carbocycles. The maximum absolute atomic E-state index is 13.2. The molecule has 3 atom stereocenters. The molecular weight excluding hydrogens is 322 g/mol. The van der Waals surface area contributed by atoms with Crippen LogP contribution in [0.5, 0.6) is 0 Å². The highest BCUT2D eigenvalue weighted by Gasteiger charge is 2.43. The summed E-state index contributed by atoms with van der Waals surface area (Å²) < 4.78 is 0. The summed E-state index contributed by atoms with van der Waals surface area (Å²) in [7, 11) is 0. The Morgan fingerprint density at radius 2 is 1.75 bits per heavy atom. The summed E-state index contributed by atoms with van der Waals surface area (Å²) in [6, 6.07) is 4.70. The van der Waals surface area contributed by atoms with Crippen LogP contribution in [0.3, 0.4) is 0 Å². The third-order valence-corrected chi connectivity index (χ3v) is 6.39. The van der Waals surface area contributed by atoms with E-state index in [-0.39, 0.29) is 24.4 Å². The zero-order valence-electron chi connectivity index (χ0n) is 14.1. The Morgan fingerprint density at radius 1 is 1.08 bits per heavy atom. The molecule has 2 bridgehead atoms. The van der Waals surface area contributed by atoms with E-state index in [1.165, 1.54) is 24.8 Å². The summed E-state index contributed by atoms with van der Waals surface area (Å²) in [4.78, 5) is 19.4.